The lowest BCUT2D eigenvalue weighted by Gasteiger charge is -2.15. The maximum Gasteiger partial charge on any atom is 0.223 e. The average molecular weight is 180 g/mol. The van der Waals surface area contributed by atoms with E-state index in [1.807, 2.05) is 0 Å². The van der Waals surface area contributed by atoms with Gasteiger partial charge in [-0.05, 0) is 18.8 Å². The fraction of sp³-hybridized carbons (Fsp3) is 0.900. The molecule has 3 aliphatic rings. The quantitative estimate of drug-likeness (QED) is 0.634. The summed E-state index contributed by atoms with van der Waals surface area (Å²) in [6.07, 6.45) is 2.21. The van der Waals surface area contributed by atoms with Crippen molar-refractivity contribution in [3.63, 3.8) is 0 Å². The molecular formula is C10H16N2O. The van der Waals surface area contributed by atoms with Crippen molar-refractivity contribution in [2.75, 3.05) is 13.1 Å². The van der Waals surface area contributed by atoms with E-state index in [1.165, 1.54) is 0 Å². The maximum absolute atomic E-state index is 11.6. The predicted octanol–water partition coefficient (Wildman–Crippen LogP) is 0.120. The van der Waals surface area contributed by atoms with Crippen LogP contribution >= 0.6 is 0 Å². The summed E-state index contributed by atoms with van der Waals surface area (Å²) in [6.45, 7) is 4.32. The molecule has 0 unspecified atom stereocenters. The predicted molar refractivity (Wildman–Crippen MR) is 49.1 cm³/mol. The summed E-state index contributed by atoms with van der Waals surface area (Å²) in [7, 11) is 0. The van der Waals surface area contributed by atoms with Gasteiger partial charge in [0, 0.05) is 24.9 Å². The second kappa shape index (κ2) is 2.27. The normalized spacial score (nSPS) is 47.2. The summed E-state index contributed by atoms with van der Waals surface area (Å²) in [4.78, 5) is 11.6. The summed E-state index contributed by atoms with van der Waals surface area (Å²) in [5.41, 5.74) is 0.152. The maximum atomic E-state index is 11.6. The van der Waals surface area contributed by atoms with Crippen LogP contribution in [0.15, 0.2) is 0 Å². The molecule has 1 saturated heterocycles. The van der Waals surface area contributed by atoms with Crippen LogP contribution in [0.4, 0.5) is 0 Å². The standard InChI is InChI=1S/C10H16N2O/c1-6-8-4-11-5-10(6,8)12-9(13)7-2-3-7/h6-8,11H,2-5H2,1H3,(H,12,13)/t6-,8+,10-/m1/s1. The smallest absolute Gasteiger partial charge is 0.223 e. The number of amides is 1. The zero-order valence-electron chi connectivity index (χ0n) is 7.97. The highest BCUT2D eigenvalue weighted by Gasteiger charge is 2.65. The molecule has 72 valence electrons. The van der Waals surface area contributed by atoms with Crippen LogP contribution in [0.5, 0.6) is 0 Å². The van der Waals surface area contributed by atoms with Crippen LogP contribution in [0, 0.1) is 17.8 Å². The van der Waals surface area contributed by atoms with E-state index < -0.39 is 0 Å². The van der Waals surface area contributed by atoms with Crippen LogP contribution in [0.1, 0.15) is 19.8 Å². The molecule has 2 saturated carbocycles. The minimum absolute atomic E-state index is 0.152. The van der Waals surface area contributed by atoms with Crippen molar-refractivity contribution in [1.29, 1.82) is 0 Å². The molecule has 0 radical (unpaired) electrons. The van der Waals surface area contributed by atoms with E-state index in [4.69, 9.17) is 0 Å². The number of carbonyl (C=O) groups is 1. The van der Waals surface area contributed by atoms with Gasteiger partial charge >= 0.3 is 0 Å². The van der Waals surface area contributed by atoms with Crippen LogP contribution in [0.3, 0.4) is 0 Å². The first kappa shape index (κ1) is 7.80. The van der Waals surface area contributed by atoms with Crippen LogP contribution in [-0.4, -0.2) is 24.5 Å². The van der Waals surface area contributed by atoms with Crippen LogP contribution in [0.25, 0.3) is 0 Å². The molecule has 3 fully saturated rings. The second-order valence-corrected chi connectivity index (χ2v) is 4.83. The molecule has 0 aromatic rings. The summed E-state index contributed by atoms with van der Waals surface area (Å²) < 4.78 is 0. The molecule has 0 bridgehead atoms. The number of nitrogens with one attached hydrogen (secondary N) is 2. The Morgan fingerprint density at radius 2 is 2.31 bits per heavy atom. The summed E-state index contributed by atoms with van der Waals surface area (Å²) in [5, 5.41) is 6.58. The van der Waals surface area contributed by atoms with E-state index in [2.05, 4.69) is 17.6 Å². The molecule has 3 heteroatoms. The molecule has 3 nitrogen and oxygen atoms in total. The van der Waals surface area contributed by atoms with E-state index in [-0.39, 0.29) is 5.54 Å². The Bertz CT molecular complexity index is 262. The van der Waals surface area contributed by atoms with Gasteiger partial charge < -0.3 is 10.6 Å². The summed E-state index contributed by atoms with van der Waals surface area (Å²) >= 11 is 0. The van der Waals surface area contributed by atoms with Gasteiger partial charge in [0.25, 0.3) is 0 Å². The SMILES string of the molecule is C[C@@H]1[C@@H]2CNC[C@@]12NC(=O)C1CC1. The van der Waals surface area contributed by atoms with Crippen LogP contribution in [-0.2, 0) is 4.79 Å². The fourth-order valence-corrected chi connectivity index (χ4v) is 2.74. The van der Waals surface area contributed by atoms with Crippen molar-refractivity contribution in [3.8, 4) is 0 Å². The number of hydrogen-bond acceptors (Lipinski definition) is 2. The van der Waals surface area contributed by atoms with E-state index in [0.717, 1.165) is 25.9 Å². The molecular weight excluding hydrogens is 164 g/mol. The van der Waals surface area contributed by atoms with E-state index in [9.17, 15) is 4.79 Å². The molecule has 3 rings (SSSR count). The average Bonchev–Trinajstić information content (AvgIpc) is 2.97. The van der Waals surface area contributed by atoms with Gasteiger partial charge in [-0.3, -0.25) is 4.79 Å². The highest BCUT2D eigenvalue weighted by Crippen LogP contribution is 2.52. The lowest BCUT2D eigenvalue weighted by molar-refractivity contribution is -0.123. The largest absolute Gasteiger partial charge is 0.349 e. The monoisotopic (exact) mass is 180 g/mol. The molecule has 2 aliphatic carbocycles. The van der Waals surface area contributed by atoms with E-state index >= 15 is 0 Å². The summed E-state index contributed by atoms with van der Waals surface area (Å²) in [6, 6.07) is 0. The lowest BCUT2D eigenvalue weighted by atomic mass is 10.2. The van der Waals surface area contributed by atoms with Gasteiger partial charge in [-0.15, -0.1) is 0 Å². The van der Waals surface area contributed by atoms with Gasteiger partial charge in [-0.1, -0.05) is 6.92 Å². The molecule has 0 aromatic carbocycles. The second-order valence-electron chi connectivity index (χ2n) is 4.83. The number of piperidine rings is 1. The van der Waals surface area contributed by atoms with Crippen molar-refractivity contribution < 1.29 is 4.79 Å². The Morgan fingerprint density at radius 3 is 2.85 bits per heavy atom. The zero-order chi connectivity index (χ0) is 9.05. The van der Waals surface area contributed by atoms with E-state index in [1.54, 1.807) is 0 Å². The Labute approximate surface area is 78.3 Å². The van der Waals surface area contributed by atoms with Crippen molar-refractivity contribution in [2.45, 2.75) is 25.3 Å². The van der Waals surface area contributed by atoms with Crippen molar-refractivity contribution in [3.05, 3.63) is 0 Å². The highest BCUT2D eigenvalue weighted by atomic mass is 16.2. The molecule has 1 heterocycles. The van der Waals surface area contributed by atoms with Crippen molar-refractivity contribution >= 4 is 5.91 Å². The first-order valence-corrected chi connectivity index (χ1v) is 5.27. The van der Waals surface area contributed by atoms with Gasteiger partial charge in [-0.2, -0.15) is 0 Å². The third-order valence-electron chi connectivity index (χ3n) is 4.05. The van der Waals surface area contributed by atoms with Gasteiger partial charge in [-0.25, -0.2) is 0 Å². The number of fused-ring (bicyclic) bond motifs is 1. The van der Waals surface area contributed by atoms with Gasteiger partial charge in [0.1, 0.15) is 0 Å². The van der Waals surface area contributed by atoms with Crippen molar-refractivity contribution in [2.24, 2.45) is 17.8 Å². The topological polar surface area (TPSA) is 41.1 Å². The molecule has 2 N–H and O–H groups in total. The van der Waals surface area contributed by atoms with E-state index in [0.29, 0.717) is 23.7 Å². The Morgan fingerprint density at radius 1 is 1.54 bits per heavy atom. The zero-order valence-corrected chi connectivity index (χ0v) is 7.97. The molecule has 1 aliphatic heterocycles. The third-order valence-corrected chi connectivity index (χ3v) is 4.05. The van der Waals surface area contributed by atoms with Crippen LogP contribution in [0.2, 0.25) is 0 Å². The van der Waals surface area contributed by atoms with Gasteiger partial charge in [0.05, 0.1) is 5.54 Å². The first-order chi connectivity index (χ1) is 6.24. The Balaban J connectivity index is 1.68. The first-order valence-electron chi connectivity index (χ1n) is 5.27. The molecule has 0 aromatic heterocycles. The summed E-state index contributed by atoms with van der Waals surface area (Å²) in [5.74, 6) is 2.05. The number of carbonyl (C=O) groups excluding carboxylic acids is 1. The van der Waals surface area contributed by atoms with Gasteiger partial charge in [0.2, 0.25) is 5.91 Å². The molecule has 13 heavy (non-hydrogen) atoms. The van der Waals surface area contributed by atoms with Crippen molar-refractivity contribution in [1.82, 2.24) is 10.6 Å². The highest BCUT2D eigenvalue weighted by molar-refractivity contribution is 5.82. The van der Waals surface area contributed by atoms with Gasteiger partial charge in [0.15, 0.2) is 0 Å². The minimum Gasteiger partial charge on any atom is -0.349 e. The fourth-order valence-electron chi connectivity index (χ4n) is 2.74. The number of hydrogen-bond donors (Lipinski definition) is 2. The third kappa shape index (κ3) is 0.966. The molecule has 3 atom stereocenters. The minimum atomic E-state index is 0.152. The molecule has 1 amide bonds. The van der Waals surface area contributed by atoms with Crippen LogP contribution < -0.4 is 10.6 Å². The Hall–Kier alpha value is -0.570. The lowest BCUT2D eigenvalue weighted by Crippen LogP contribution is -2.43. The molecule has 0 spiro atoms. The number of rotatable bonds is 2. The Kier molecular flexibility index (Phi) is 1.36.